The summed E-state index contributed by atoms with van der Waals surface area (Å²) in [6.45, 7) is 5.57. The molecule has 2 aromatic rings. The van der Waals surface area contributed by atoms with E-state index in [0.29, 0.717) is 0 Å². The van der Waals surface area contributed by atoms with E-state index >= 15 is 0 Å². The van der Waals surface area contributed by atoms with E-state index in [0.717, 1.165) is 22.6 Å². The van der Waals surface area contributed by atoms with Crippen LogP contribution in [-0.2, 0) is 21.1 Å². The number of hydrogen-bond donors (Lipinski definition) is 0. The molecule has 1 heterocycles. The minimum atomic E-state index is -3.13. The molecule has 0 saturated heterocycles. The molecular weight excluding hydrogens is 338 g/mol. The molecule has 7 heteroatoms. The van der Waals surface area contributed by atoms with Crippen LogP contribution in [0.2, 0.25) is 0 Å². The molecular formula is C18H25N3O3S. The van der Waals surface area contributed by atoms with E-state index in [1.807, 2.05) is 48.9 Å². The number of aryl methyl sites for hydroxylation is 1. The monoisotopic (exact) mass is 363 g/mol. The first kappa shape index (κ1) is 19.2. The molecule has 0 aliphatic carbocycles. The molecule has 2 rings (SSSR count). The second kappa shape index (κ2) is 7.39. The average molecular weight is 363 g/mol. The minimum Gasteiger partial charge on any atom is -0.342 e. The number of rotatable bonds is 6. The summed E-state index contributed by atoms with van der Waals surface area (Å²) in [7, 11) is -1.49. The Hall–Kier alpha value is -2.15. The number of nitrogens with zero attached hydrogens (tertiary/aromatic N) is 3. The third-order valence-corrected chi connectivity index (χ3v) is 5.46. The maximum atomic E-state index is 12.6. The van der Waals surface area contributed by atoms with Gasteiger partial charge in [0.2, 0.25) is 5.91 Å². The van der Waals surface area contributed by atoms with E-state index in [1.54, 1.807) is 14.0 Å². The van der Waals surface area contributed by atoms with Crippen LogP contribution in [0.1, 0.15) is 23.9 Å². The van der Waals surface area contributed by atoms with Crippen molar-refractivity contribution in [3.63, 3.8) is 0 Å². The largest absolute Gasteiger partial charge is 0.342 e. The highest BCUT2D eigenvalue weighted by atomic mass is 32.2. The molecule has 0 aliphatic heterocycles. The molecule has 0 fully saturated rings. The summed E-state index contributed by atoms with van der Waals surface area (Å²) in [5, 5.41) is 4.55. The van der Waals surface area contributed by atoms with Crippen molar-refractivity contribution in [2.45, 2.75) is 33.2 Å². The van der Waals surface area contributed by atoms with Gasteiger partial charge in [-0.2, -0.15) is 5.10 Å². The first-order valence-corrected chi connectivity index (χ1v) is 10.2. The molecule has 25 heavy (non-hydrogen) atoms. The van der Waals surface area contributed by atoms with Gasteiger partial charge >= 0.3 is 0 Å². The highest BCUT2D eigenvalue weighted by Gasteiger charge is 2.22. The van der Waals surface area contributed by atoms with Gasteiger partial charge in [-0.05, 0) is 32.9 Å². The predicted octanol–water partition coefficient (Wildman–Crippen LogP) is 1.92. The van der Waals surface area contributed by atoms with Crippen LogP contribution in [0.15, 0.2) is 30.3 Å². The molecule has 0 spiro atoms. The van der Waals surface area contributed by atoms with Gasteiger partial charge in [0, 0.05) is 30.6 Å². The molecule has 0 aliphatic rings. The van der Waals surface area contributed by atoms with Gasteiger partial charge in [-0.1, -0.05) is 18.2 Å². The number of carbonyl (C=O) groups excluding carboxylic acids is 1. The van der Waals surface area contributed by atoms with Gasteiger partial charge in [0.15, 0.2) is 0 Å². The molecule has 0 radical (unpaired) electrons. The van der Waals surface area contributed by atoms with Crippen LogP contribution >= 0.6 is 0 Å². The molecule has 0 bridgehead atoms. The van der Waals surface area contributed by atoms with Crippen molar-refractivity contribution in [2.75, 3.05) is 19.1 Å². The fraction of sp³-hybridized carbons (Fsp3) is 0.444. The van der Waals surface area contributed by atoms with Gasteiger partial charge in [-0.25, -0.2) is 13.1 Å². The molecule has 136 valence electrons. The van der Waals surface area contributed by atoms with Crippen molar-refractivity contribution in [3.8, 4) is 5.69 Å². The summed E-state index contributed by atoms with van der Waals surface area (Å²) in [4.78, 5) is 14.1. The van der Waals surface area contributed by atoms with Crippen molar-refractivity contribution in [3.05, 3.63) is 47.3 Å². The van der Waals surface area contributed by atoms with Crippen molar-refractivity contribution in [1.82, 2.24) is 14.7 Å². The zero-order valence-corrected chi connectivity index (χ0v) is 16.2. The number of hydrogen-bond acceptors (Lipinski definition) is 4. The zero-order chi connectivity index (χ0) is 18.8. The third-order valence-electron chi connectivity index (χ3n) is 4.37. The summed E-state index contributed by atoms with van der Waals surface area (Å²) in [6.07, 6.45) is 1.38. The van der Waals surface area contributed by atoms with Crippen LogP contribution in [0.25, 0.3) is 5.69 Å². The molecule has 6 nitrogen and oxygen atoms in total. The van der Waals surface area contributed by atoms with Gasteiger partial charge in [0.25, 0.3) is 0 Å². The van der Waals surface area contributed by atoms with Crippen LogP contribution in [0.3, 0.4) is 0 Å². The maximum Gasteiger partial charge on any atom is 0.227 e. The van der Waals surface area contributed by atoms with Crippen LogP contribution in [-0.4, -0.2) is 54.1 Å². The van der Waals surface area contributed by atoms with Gasteiger partial charge in [-0.15, -0.1) is 0 Å². The highest BCUT2D eigenvalue weighted by molar-refractivity contribution is 7.90. The number of carbonyl (C=O) groups is 1. The molecule has 1 aromatic heterocycles. The Labute approximate surface area is 149 Å². The lowest BCUT2D eigenvalue weighted by atomic mass is 10.1. The lowest BCUT2D eigenvalue weighted by Crippen LogP contribution is -2.40. The van der Waals surface area contributed by atoms with Crippen LogP contribution in [0.5, 0.6) is 0 Å². The molecule has 1 unspecified atom stereocenters. The van der Waals surface area contributed by atoms with E-state index in [1.165, 1.54) is 11.2 Å². The van der Waals surface area contributed by atoms with Crippen molar-refractivity contribution >= 4 is 15.7 Å². The summed E-state index contributed by atoms with van der Waals surface area (Å²) in [6, 6.07) is 9.38. The number of para-hydroxylation sites is 1. The maximum absolute atomic E-state index is 12.6. The Morgan fingerprint density at radius 2 is 1.84 bits per heavy atom. The summed E-state index contributed by atoms with van der Waals surface area (Å²) in [5.74, 6) is -0.161. The summed E-state index contributed by atoms with van der Waals surface area (Å²) in [5.41, 5.74) is 3.55. The highest BCUT2D eigenvalue weighted by Crippen LogP contribution is 2.19. The van der Waals surface area contributed by atoms with Gasteiger partial charge in [-0.3, -0.25) is 4.79 Å². The zero-order valence-electron chi connectivity index (χ0n) is 15.4. The summed E-state index contributed by atoms with van der Waals surface area (Å²) >= 11 is 0. The second-order valence-electron chi connectivity index (χ2n) is 6.52. The van der Waals surface area contributed by atoms with Gasteiger partial charge in [0.1, 0.15) is 9.84 Å². The Bertz CT molecular complexity index is 857. The van der Waals surface area contributed by atoms with E-state index in [4.69, 9.17) is 0 Å². The molecule has 1 atom stereocenters. The average Bonchev–Trinajstić information content (AvgIpc) is 2.81. The summed E-state index contributed by atoms with van der Waals surface area (Å²) < 4.78 is 24.7. The van der Waals surface area contributed by atoms with Crippen LogP contribution in [0.4, 0.5) is 0 Å². The van der Waals surface area contributed by atoms with Crippen LogP contribution in [0, 0.1) is 13.8 Å². The topological polar surface area (TPSA) is 72.3 Å². The van der Waals surface area contributed by atoms with Gasteiger partial charge in [0.05, 0.1) is 23.6 Å². The Morgan fingerprint density at radius 1 is 1.24 bits per heavy atom. The molecule has 1 amide bonds. The van der Waals surface area contributed by atoms with E-state index < -0.39 is 9.84 Å². The lowest BCUT2D eigenvalue weighted by molar-refractivity contribution is -0.130. The SMILES string of the molecule is Cc1nn(-c2ccccc2)c(C)c1CC(=O)N(C)C(C)CS(C)(=O)=O. The molecule has 0 saturated carbocycles. The molecule has 1 aromatic carbocycles. The van der Waals surface area contributed by atoms with Crippen LogP contribution < -0.4 is 0 Å². The fourth-order valence-electron chi connectivity index (χ4n) is 2.82. The van der Waals surface area contributed by atoms with E-state index in [-0.39, 0.29) is 24.1 Å². The standard InChI is InChI=1S/C18H25N3O3S/c1-13(12-25(5,23)24)20(4)18(22)11-17-14(2)19-21(15(17)3)16-9-7-6-8-10-16/h6-10,13H,11-12H2,1-5H3. The van der Waals surface area contributed by atoms with E-state index in [2.05, 4.69) is 5.10 Å². The van der Waals surface area contributed by atoms with Crippen molar-refractivity contribution in [2.24, 2.45) is 0 Å². The quantitative estimate of drug-likeness (QED) is 0.786. The number of likely N-dealkylation sites (N-methyl/N-ethyl adjacent to an activating group) is 1. The third kappa shape index (κ3) is 4.69. The second-order valence-corrected chi connectivity index (χ2v) is 8.70. The fourth-order valence-corrected chi connectivity index (χ4v) is 3.92. The van der Waals surface area contributed by atoms with Gasteiger partial charge < -0.3 is 4.90 Å². The normalized spacial score (nSPS) is 12.8. The smallest absolute Gasteiger partial charge is 0.227 e. The Kier molecular flexibility index (Phi) is 5.67. The predicted molar refractivity (Wildman–Crippen MR) is 98.7 cm³/mol. The Morgan fingerprint density at radius 3 is 2.40 bits per heavy atom. The Balaban J connectivity index is 2.20. The number of amides is 1. The lowest BCUT2D eigenvalue weighted by Gasteiger charge is -2.24. The minimum absolute atomic E-state index is 0.0452. The number of aromatic nitrogens is 2. The number of sulfone groups is 1. The van der Waals surface area contributed by atoms with E-state index in [9.17, 15) is 13.2 Å². The number of benzene rings is 1. The first-order valence-electron chi connectivity index (χ1n) is 8.14. The first-order chi connectivity index (χ1) is 11.6. The van der Waals surface area contributed by atoms with Crippen molar-refractivity contribution in [1.29, 1.82) is 0 Å². The van der Waals surface area contributed by atoms with Crippen molar-refractivity contribution < 1.29 is 13.2 Å². The molecule has 0 N–H and O–H groups in total.